The van der Waals surface area contributed by atoms with E-state index in [-0.39, 0.29) is 22.5 Å². The van der Waals surface area contributed by atoms with E-state index in [1.54, 1.807) is 25.3 Å². The van der Waals surface area contributed by atoms with Crippen molar-refractivity contribution >= 4 is 11.6 Å². The Morgan fingerprint density at radius 2 is 1.78 bits per heavy atom. The van der Waals surface area contributed by atoms with Gasteiger partial charge in [0, 0.05) is 23.5 Å². The van der Waals surface area contributed by atoms with E-state index < -0.39 is 11.7 Å². The molecule has 7 heteroatoms. The van der Waals surface area contributed by atoms with Crippen LogP contribution in [0.5, 0.6) is 0 Å². The second-order valence-electron chi connectivity index (χ2n) is 6.14. The summed E-state index contributed by atoms with van der Waals surface area (Å²) >= 11 is 5.87. The van der Waals surface area contributed by atoms with Crippen molar-refractivity contribution in [3.8, 4) is 0 Å². The van der Waals surface area contributed by atoms with Gasteiger partial charge >= 0.3 is 0 Å². The molecule has 1 aromatic heterocycles. The molecule has 0 radical (unpaired) electrons. The van der Waals surface area contributed by atoms with Crippen LogP contribution >= 0.6 is 11.6 Å². The first-order chi connectivity index (χ1) is 15.3. The third-order valence-electron chi connectivity index (χ3n) is 4.27. The number of hydrogen-bond donors (Lipinski definition) is 2. The highest BCUT2D eigenvalue weighted by atomic mass is 35.5. The van der Waals surface area contributed by atoms with Gasteiger partial charge in [0.25, 0.3) is 0 Å². The van der Waals surface area contributed by atoms with Crippen LogP contribution in [0.3, 0.4) is 0 Å². The zero-order valence-electron chi connectivity index (χ0n) is 20.9. The number of aromatic nitrogens is 2. The number of hydrogen-bond acceptors (Lipinski definition) is 4. The van der Waals surface area contributed by atoms with E-state index in [0.717, 1.165) is 24.1 Å². The van der Waals surface area contributed by atoms with Gasteiger partial charge in [-0.05, 0) is 68.0 Å². The molecule has 2 rings (SSSR count). The molecule has 1 aliphatic rings. The van der Waals surface area contributed by atoms with E-state index in [0.29, 0.717) is 18.5 Å². The number of nitrogens with two attached hydrogens (primary N) is 2. The molecule has 1 aliphatic carbocycles. The molecule has 32 heavy (non-hydrogen) atoms. The third kappa shape index (κ3) is 9.94. The molecular weight excluding hydrogens is 430 g/mol. The summed E-state index contributed by atoms with van der Waals surface area (Å²) in [5, 5.41) is 0.155. The van der Waals surface area contributed by atoms with Gasteiger partial charge in [-0.1, -0.05) is 48.5 Å². The van der Waals surface area contributed by atoms with Crippen LogP contribution in [0.15, 0.2) is 58.6 Å². The number of nitrogens with zero attached hydrogens (tertiary/aromatic N) is 2. The first-order valence-corrected chi connectivity index (χ1v) is 11.9. The number of allylic oxidation sites excluding steroid dienone is 6. The molecule has 0 bridgehead atoms. The minimum Gasteiger partial charge on any atom is -0.401 e. The van der Waals surface area contributed by atoms with Gasteiger partial charge in [-0.15, -0.1) is 0 Å². The number of halogens is 3. The lowest BCUT2D eigenvalue weighted by Crippen LogP contribution is -2.19. The zero-order chi connectivity index (χ0) is 25.3. The van der Waals surface area contributed by atoms with Gasteiger partial charge in [-0.2, -0.15) is 0 Å². The van der Waals surface area contributed by atoms with E-state index >= 15 is 0 Å². The fourth-order valence-corrected chi connectivity index (χ4v) is 3.22. The lowest BCUT2D eigenvalue weighted by Gasteiger charge is -2.25. The summed E-state index contributed by atoms with van der Waals surface area (Å²) in [4.78, 5) is 8.10. The van der Waals surface area contributed by atoms with Crippen molar-refractivity contribution in [2.75, 3.05) is 0 Å². The van der Waals surface area contributed by atoms with Gasteiger partial charge < -0.3 is 11.5 Å². The maximum Gasteiger partial charge on any atom is 0.222 e. The highest BCUT2D eigenvalue weighted by Crippen LogP contribution is 2.35. The van der Waals surface area contributed by atoms with Crippen molar-refractivity contribution in [2.24, 2.45) is 11.5 Å². The molecule has 1 aromatic rings. The largest absolute Gasteiger partial charge is 0.401 e. The van der Waals surface area contributed by atoms with E-state index in [4.69, 9.17) is 23.1 Å². The average Bonchev–Trinajstić information content (AvgIpc) is 2.79. The van der Waals surface area contributed by atoms with Crippen LogP contribution in [0.1, 0.15) is 92.7 Å². The minimum atomic E-state index is -0.671. The van der Waals surface area contributed by atoms with Crippen molar-refractivity contribution in [3.05, 3.63) is 69.6 Å². The fraction of sp³-hybridized carbons (Fsp3) is 0.520. The first-order valence-electron chi connectivity index (χ1n) is 11.5. The molecule has 4 nitrogen and oxygen atoms in total. The summed E-state index contributed by atoms with van der Waals surface area (Å²) < 4.78 is 28.0. The van der Waals surface area contributed by atoms with E-state index in [1.807, 2.05) is 41.5 Å². The van der Waals surface area contributed by atoms with Gasteiger partial charge in [0.1, 0.15) is 11.7 Å². The van der Waals surface area contributed by atoms with Crippen LogP contribution < -0.4 is 11.5 Å². The van der Waals surface area contributed by atoms with E-state index in [1.165, 1.54) is 13.0 Å². The van der Waals surface area contributed by atoms with Crippen molar-refractivity contribution in [1.29, 1.82) is 0 Å². The second-order valence-corrected chi connectivity index (χ2v) is 6.48. The summed E-state index contributed by atoms with van der Waals surface area (Å²) in [6.07, 6.45) is 7.22. The molecular formula is C25H41ClF2N4. The molecule has 1 unspecified atom stereocenters. The second kappa shape index (κ2) is 18.4. The lowest BCUT2D eigenvalue weighted by molar-refractivity contribution is 0.587. The van der Waals surface area contributed by atoms with Crippen molar-refractivity contribution < 1.29 is 8.78 Å². The van der Waals surface area contributed by atoms with Crippen molar-refractivity contribution in [2.45, 2.75) is 87.0 Å². The minimum absolute atomic E-state index is 0.0199. The van der Waals surface area contributed by atoms with Gasteiger partial charge in [-0.3, -0.25) is 0 Å². The molecule has 182 valence electrons. The third-order valence-corrected chi connectivity index (χ3v) is 4.46. The molecule has 1 atom stereocenters. The maximum absolute atomic E-state index is 14.2. The predicted molar refractivity (Wildman–Crippen MR) is 134 cm³/mol. The Balaban J connectivity index is 0. The molecule has 0 aliphatic heterocycles. The zero-order valence-corrected chi connectivity index (χ0v) is 21.7. The standard InChI is InChI=1S/C19H23ClF2N4.3C2H6/c1-3-5-14(22)17(11(2)21)15(23)10-12-6-4-7-13(18(12)24)16-8-9-25-19(20)26-16;3*1-2/h5,8-10,13H,3-4,6-7,23-24H2,1-2H3;3*1-2H3/b14-5+,15-10-,17-11-;;;. The molecule has 0 spiro atoms. The smallest absolute Gasteiger partial charge is 0.222 e. The van der Waals surface area contributed by atoms with Crippen LogP contribution in [-0.4, -0.2) is 9.97 Å². The quantitative estimate of drug-likeness (QED) is 0.337. The van der Waals surface area contributed by atoms with Gasteiger partial charge in [0.2, 0.25) is 5.28 Å². The average molecular weight is 471 g/mol. The summed E-state index contributed by atoms with van der Waals surface area (Å²) in [7, 11) is 0. The van der Waals surface area contributed by atoms with Crippen molar-refractivity contribution in [3.63, 3.8) is 0 Å². The molecule has 0 amide bonds. The SMILES string of the molecule is CC.CC.CC.CC\C=C(F)/C(C(/N)=C/C1=C(N)C(c2ccnc(Cl)n2)CCC1)=C(\C)F. The molecule has 4 N–H and O–H groups in total. The molecule has 0 aromatic carbocycles. The van der Waals surface area contributed by atoms with Gasteiger partial charge in [0.05, 0.1) is 11.3 Å². The van der Waals surface area contributed by atoms with Gasteiger partial charge in [-0.25, -0.2) is 18.7 Å². The summed E-state index contributed by atoms with van der Waals surface area (Å²) in [6.45, 7) is 15.0. The molecule has 0 saturated heterocycles. The van der Waals surface area contributed by atoms with Crippen molar-refractivity contribution in [1.82, 2.24) is 9.97 Å². The first kappa shape index (κ1) is 32.0. The summed E-state index contributed by atoms with van der Waals surface area (Å²) in [5.74, 6) is -1.47. The summed E-state index contributed by atoms with van der Waals surface area (Å²) in [6, 6.07) is 1.76. The Labute approximate surface area is 198 Å². The van der Waals surface area contributed by atoms with Crippen LogP contribution in [0.2, 0.25) is 5.28 Å². The van der Waals surface area contributed by atoms with Gasteiger partial charge in [0.15, 0.2) is 0 Å². The van der Waals surface area contributed by atoms with Crippen LogP contribution in [0.25, 0.3) is 0 Å². The predicted octanol–water partition coefficient (Wildman–Crippen LogP) is 8.04. The lowest BCUT2D eigenvalue weighted by atomic mass is 9.84. The Morgan fingerprint density at radius 1 is 1.19 bits per heavy atom. The molecule has 0 fully saturated rings. The van der Waals surface area contributed by atoms with E-state index in [2.05, 4.69) is 9.97 Å². The number of rotatable bonds is 5. The normalized spacial score (nSPS) is 17.0. The van der Waals surface area contributed by atoms with Crippen LogP contribution in [0, 0.1) is 0 Å². The highest BCUT2D eigenvalue weighted by molar-refractivity contribution is 6.28. The fourth-order valence-electron chi connectivity index (χ4n) is 3.07. The molecule has 0 saturated carbocycles. The van der Waals surface area contributed by atoms with Crippen LogP contribution in [0.4, 0.5) is 8.78 Å². The topological polar surface area (TPSA) is 77.8 Å². The van der Waals surface area contributed by atoms with Crippen LogP contribution in [-0.2, 0) is 0 Å². The van der Waals surface area contributed by atoms with E-state index in [9.17, 15) is 8.78 Å². The Hall–Kier alpha value is -2.21. The monoisotopic (exact) mass is 470 g/mol. The Morgan fingerprint density at radius 3 is 2.28 bits per heavy atom. The maximum atomic E-state index is 14.2. The highest BCUT2D eigenvalue weighted by Gasteiger charge is 2.24. The Bertz CT molecular complexity index is 795. The Kier molecular flexibility index (Phi) is 18.4. The summed E-state index contributed by atoms with van der Waals surface area (Å²) in [5.41, 5.74) is 14.2. The molecule has 1 heterocycles.